The van der Waals surface area contributed by atoms with E-state index in [9.17, 15) is 4.79 Å². The first-order chi connectivity index (χ1) is 8.91. The Morgan fingerprint density at radius 1 is 1.47 bits per heavy atom. The summed E-state index contributed by atoms with van der Waals surface area (Å²) in [6.45, 7) is 6.01. The van der Waals surface area contributed by atoms with Crippen molar-refractivity contribution in [3.05, 3.63) is 23.8 Å². The molecule has 19 heavy (non-hydrogen) atoms. The van der Waals surface area contributed by atoms with Crippen LogP contribution in [-0.2, 0) is 0 Å². The van der Waals surface area contributed by atoms with Crippen LogP contribution >= 0.6 is 0 Å². The number of carboxylic acid groups (broad SMARTS) is 1. The Labute approximate surface area is 114 Å². The number of benzene rings is 1. The molecular weight excluding hydrogens is 242 g/mol. The van der Waals surface area contributed by atoms with Crippen LogP contribution < -0.4 is 11.1 Å². The van der Waals surface area contributed by atoms with Crippen molar-refractivity contribution < 1.29 is 9.90 Å². The van der Waals surface area contributed by atoms with E-state index >= 15 is 0 Å². The van der Waals surface area contributed by atoms with Gasteiger partial charge in [0, 0.05) is 24.0 Å². The van der Waals surface area contributed by atoms with Crippen molar-refractivity contribution >= 4 is 17.3 Å². The minimum atomic E-state index is -0.964. The van der Waals surface area contributed by atoms with Gasteiger partial charge in [0.1, 0.15) is 0 Å². The van der Waals surface area contributed by atoms with Crippen LogP contribution in [0.3, 0.4) is 0 Å². The Hall–Kier alpha value is -1.75. The summed E-state index contributed by atoms with van der Waals surface area (Å²) in [5.41, 5.74) is 6.89. The molecule has 0 heterocycles. The predicted octanol–water partition coefficient (Wildman–Crippen LogP) is 2.11. The van der Waals surface area contributed by atoms with Crippen molar-refractivity contribution in [1.29, 1.82) is 0 Å². The summed E-state index contributed by atoms with van der Waals surface area (Å²) in [5.74, 6) is -0.964. The molecule has 0 aliphatic rings. The molecule has 0 atom stereocenters. The molecule has 1 rings (SSSR count). The van der Waals surface area contributed by atoms with E-state index in [1.54, 1.807) is 12.1 Å². The first kappa shape index (κ1) is 15.3. The van der Waals surface area contributed by atoms with Gasteiger partial charge >= 0.3 is 5.97 Å². The lowest BCUT2D eigenvalue weighted by Crippen LogP contribution is -2.28. The smallest absolute Gasteiger partial charge is 0.337 e. The average Bonchev–Trinajstić information content (AvgIpc) is 2.35. The Kier molecular flexibility index (Phi) is 5.63. The molecular formula is C14H23N3O2. The highest BCUT2D eigenvalue weighted by Gasteiger charge is 2.10. The molecule has 4 N–H and O–H groups in total. The zero-order chi connectivity index (χ0) is 14.4. The number of nitrogens with one attached hydrogen (secondary N) is 1. The van der Waals surface area contributed by atoms with Crippen LogP contribution in [0.15, 0.2) is 18.2 Å². The molecule has 0 saturated heterocycles. The van der Waals surface area contributed by atoms with Crippen LogP contribution in [0.4, 0.5) is 11.4 Å². The fourth-order valence-corrected chi connectivity index (χ4v) is 1.70. The lowest BCUT2D eigenvalue weighted by atomic mass is 10.1. The highest BCUT2D eigenvalue weighted by molar-refractivity contribution is 5.95. The van der Waals surface area contributed by atoms with Crippen molar-refractivity contribution in [3.8, 4) is 0 Å². The number of nitrogens with two attached hydrogens (primary N) is 1. The second-order valence-corrected chi connectivity index (χ2v) is 4.96. The first-order valence-corrected chi connectivity index (χ1v) is 6.48. The number of hydrogen-bond donors (Lipinski definition) is 3. The molecule has 0 spiro atoms. The van der Waals surface area contributed by atoms with Gasteiger partial charge < -0.3 is 21.1 Å². The van der Waals surface area contributed by atoms with Gasteiger partial charge in [0.2, 0.25) is 0 Å². The summed E-state index contributed by atoms with van der Waals surface area (Å²) in [5, 5.41) is 12.3. The van der Waals surface area contributed by atoms with Gasteiger partial charge in [0.15, 0.2) is 0 Å². The molecule has 1 aromatic rings. The van der Waals surface area contributed by atoms with Crippen molar-refractivity contribution in [3.63, 3.8) is 0 Å². The summed E-state index contributed by atoms with van der Waals surface area (Å²) < 4.78 is 0. The van der Waals surface area contributed by atoms with E-state index in [4.69, 9.17) is 10.8 Å². The van der Waals surface area contributed by atoms with E-state index in [1.165, 1.54) is 6.07 Å². The lowest BCUT2D eigenvalue weighted by Gasteiger charge is -2.21. The lowest BCUT2D eigenvalue weighted by molar-refractivity contribution is 0.0698. The van der Waals surface area contributed by atoms with E-state index in [0.717, 1.165) is 19.5 Å². The third-order valence-electron chi connectivity index (χ3n) is 3.16. The van der Waals surface area contributed by atoms with Crippen molar-refractivity contribution in [2.24, 2.45) is 0 Å². The van der Waals surface area contributed by atoms with E-state index in [2.05, 4.69) is 31.1 Å². The monoisotopic (exact) mass is 265 g/mol. The molecule has 5 nitrogen and oxygen atoms in total. The Morgan fingerprint density at radius 3 is 2.74 bits per heavy atom. The number of nitrogens with zero attached hydrogens (tertiary/aromatic N) is 1. The highest BCUT2D eigenvalue weighted by Crippen LogP contribution is 2.18. The molecule has 0 radical (unpaired) electrons. The van der Waals surface area contributed by atoms with Gasteiger partial charge in [-0.3, -0.25) is 0 Å². The second kappa shape index (κ2) is 6.99. The molecule has 0 aliphatic heterocycles. The van der Waals surface area contributed by atoms with E-state index < -0.39 is 5.97 Å². The molecule has 5 heteroatoms. The largest absolute Gasteiger partial charge is 0.478 e. The molecule has 0 fully saturated rings. The van der Waals surface area contributed by atoms with E-state index in [0.29, 0.717) is 17.4 Å². The van der Waals surface area contributed by atoms with Crippen LogP contribution in [-0.4, -0.2) is 42.2 Å². The first-order valence-electron chi connectivity index (χ1n) is 6.48. The maximum atomic E-state index is 11.1. The number of carbonyl (C=O) groups is 1. The minimum absolute atomic E-state index is 0.220. The average molecular weight is 265 g/mol. The molecule has 0 saturated carbocycles. The zero-order valence-corrected chi connectivity index (χ0v) is 11.8. The predicted molar refractivity (Wildman–Crippen MR) is 78.7 cm³/mol. The number of carboxylic acids is 1. The van der Waals surface area contributed by atoms with Crippen LogP contribution in [0.25, 0.3) is 0 Å². The SMILES string of the molecule is CC(C)N(C)CCCNc1ccc(N)cc1C(=O)O. The Morgan fingerprint density at radius 2 is 2.16 bits per heavy atom. The number of aromatic carboxylic acids is 1. The minimum Gasteiger partial charge on any atom is -0.478 e. The number of anilines is 2. The van der Waals surface area contributed by atoms with Gasteiger partial charge in [-0.15, -0.1) is 0 Å². The molecule has 0 aromatic heterocycles. The summed E-state index contributed by atoms with van der Waals surface area (Å²) in [6.07, 6.45) is 0.956. The normalized spacial score (nSPS) is 11.0. The highest BCUT2D eigenvalue weighted by atomic mass is 16.4. The van der Waals surface area contributed by atoms with Crippen LogP contribution in [0.5, 0.6) is 0 Å². The second-order valence-electron chi connectivity index (χ2n) is 4.96. The summed E-state index contributed by atoms with van der Waals surface area (Å²) >= 11 is 0. The van der Waals surface area contributed by atoms with Gasteiger partial charge in [-0.25, -0.2) is 4.79 Å². The Balaban J connectivity index is 2.52. The molecule has 0 unspecified atom stereocenters. The maximum Gasteiger partial charge on any atom is 0.337 e. The van der Waals surface area contributed by atoms with Gasteiger partial charge in [0.05, 0.1) is 5.56 Å². The fourth-order valence-electron chi connectivity index (χ4n) is 1.70. The maximum absolute atomic E-state index is 11.1. The van der Waals surface area contributed by atoms with Gasteiger partial charge in [-0.05, 0) is 52.1 Å². The number of hydrogen-bond acceptors (Lipinski definition) is 4. The third kappa shape index (κ3) is 4.79. The summed E-state index contributed by atoms with van der Waals surface area (Å²) in [4.78, 5) is 13.4. The molecule has 1 aromatic carbocycles. The molecule has 0 amide bonds. The van der Waals surface area contributed by atoms with E-state index in [1.807, 2.05) is 0 Å². The van der Waals surface area contributed by atoms with Gasteiger partial charge in [-0.2, -0.15) is 0 Å². The fraction of sp³-hybridized carbons (Fsp3) is 0.500. The van der Waals surface area contributed by atoms with Crippen molar-refractivity contribution in [1.82, 2.24) is 4.90 Å². The quantitative estimate of drug-likeness (QED) is 0.520. The number of rotatable bonds is 7. The van der Waals surface area contributed by atoms with E-state index in [-0.39, 0.29) is 5.56 Å². The molecule has 106 valence electrons. The standard InChI is InChI=1S/C14H23N3O2/c1-10(2)17(3)8-4-7-16-13-6-5-11(15)9-12(13)14(18)19/h5-6,9-10,16H,4,7-8,15H2,1-3H3,(H,18,19). The Bertz CT molecular complexity index is 433. The van der Waals surface area contributed by atoms with Gasteiger partial charge in [-0.1, -0.05) is 0 Å². The van der Waals surface area contributed by atoms with Crippen LogP contribution in [0, 0.1) is 0 Å². The molecule has 0 aliphatic carbocycles. The summed E-state index contributed by atoms with van der Waals surface area (Å²) in [7, 11) is 2.08. The topological polar surface area (TPSA) is 78.6 Å². The van der Waals surface area contributed by atoms with Crippen LogP contribution in [0.1, 0.15) is 30.6 Å². The van der Waals surface area contributed by atoms with Gasteiger partial charge in [0.25, 0.3) is 0 Å². The van der Waals surface area contributed by atoms with Crippen molar-refractivity contribution in [2.75, 3.05) is 31.2 Å². The molecule has 0 bridgehead atoms. The third-order valence-corrected chi connectivity index (χ3v) is 3.16. The van der Waals surface area contributed by atoms with Crippen molar-refractivity contribution in [2.45, 2.75) is 26.3 Å². The number of nitrogen functional groups attached to an aromatic ring is 1. The zero-order valence-electron chi connectivity index (χ0n) is 11.8. The van der Waals surface area contributed by atoms with Crippen LogP contribution in [0.2, 0.25) is 0 Å². The summed E-state index contributed by atoms with van der Waals surface area (Å²) in [6, 6.07) is 5.41.